The van der Waals surface area contributed by atoms with Crippen LogP contribution in [0.2, 0.25) is 0 Å². The molecule has 7 nitrogen and oxygen atoms in total. The molecule has 2 aromatic heterocycles. The monoisotopic (exact) mass is 297 g/mol. The summed E-state index contributed by atoms with van der Waals surface area (Å²) in [7, 11) is 0. The lowest BCUT2D eigenvalue weighted by molar-refractivity contribution is 0.0995. The summed E-state index contributed by atoms with van der Waals surface area (Å²) in [6.07, 6.45) is 1.84. The SMILES string of the molecule is NC(=O)c1cc(Oc2ccc3c(ccn3C(=O)O)c2)ccn1. The first-order valence-electron chi connectivity index (χ1n) is 6.33. The fourth-order valence-corrected chi connectivity index (χ4v) is 2.10. The van der Waals surface area contributed by atoms with Gasteiger partial charge in [0.25, 0.3) is 5.91 Å². The fraction of sp³-hybridized carbons (Fsp3) is 0. The van der Waals surface area contributed by atoms with Crippen LogP contribution >= 0.6 is 0 Å². The number of fused-ring (bicyclic) bond motifs is 1. The van der Waals surface area contributed by atoms with E-state index in [1.807, 2.05) is 0 Å². The van der Waals surface area contributed by atoms with Crippen molar-refractivity contribution in [3.8, 4) is 11.5 Å². The zero-order chi connectivity index (χ0) is 15.7. The Morgan fingerprint density at radius 3 is 2.64 bits per heavy atom. The van der Waals surface area contributed by atoms with Gasteiger partial charge in [-0.25, -0.2) is 4.79 Å². The van der Waals surface area contributed by atoms with Crippen LogP contribution in [0, 0.1) is 0 Å². The van der Waals surface area contributed by atoms with Crippen molar-refractivity contribution in [2.24, 2.45) is 5.73 Å². The first kappa shape index (κ1) is 13.6. The van der Waals surface area contributed by atoms with E-state index in [-0.39, 0.29) is 5.69 Å². The van der Waals surface area contributed by atoms with Gasteiger partial charge in [-0.15, -0.1) is 0 Å². The highest BCUT2D eigenvalue weighted by Gasteiger charge is 2.09. The molecule has 0 bridgehead atoms. The highest BCUT2D eigenvalue weighted by Crippen LogP contribution is 2.26. The van der Waals surface area contributed by atoms with Crippen molar-refractivity contribution in [3.05, 3.63) is 54.5 Å². The van der Waals surface area contributed by atoms with Gasteiger partial charge in [0.1, 0.15) is 17.2 Å². The van der Waals surface area contributed by atoms with Crippen molar-refractivity contribution in [2.45, 2.75) is 0 Å². The number of carbonyl (C=O) groups is 2. The zero-order valence-corrected chi connectivity index (χ0v) is 11.3. The number of hydrogen-bond acceptors (Lipinski definition) is 4. The molecule has 3 rings (SSSR count). The lowest BCUT2D eigenvalue weighted by Crippen LogP contribution is -2.12. The van der Waals surface area contributed by atoms with Crippen molar-refractivity contribution < 1.29 is 19.4 Å². The molecule has 2 heterocycles. The van der Waals surface area contributed by atoms with Gasteiger partial charge in [-0.3, -0.25) is 14.3 Å². The predicted molar refractivity (Wildman–Crippen MR) is 78.2 cm³/mol. The molecular formula is C15H11N3O4. The van der Waals surface area contributed by atoms with Gasteiger partial charge in [-0.1, -0.05) is 0 Å². The Morgan fingerprint density at radius 1 is 1.14 bits per heavy atom. The van der Waals surface area contributed by atoms with Gasteiger partial charge >= 0.3 is 6.09 Å². The first-order valence-corrected chi connectivity index (χ1v) is 6.33. The van der Waals surface area contributed by atoms with E-state index in [9.17, 15) is 9.59 Å². The Morgan fingerprint density at radius 2 is 1.91 bits per heavy atom. The highest BCUT2D eigenvalue weighted by molar-refractivity contribution is 5.91. The van der Waals surface area contributed by atoms with Crippen LogP contribution in [0.15, 0.2) is 48.8 Å². The maximum Gasteiger partial charge on any atom is 0.415 e. The van der Waals surface area contributed by atoms with Crippen LogP contribution < -0.4 is 10.5 Å². The van der Waals surface area contributed by atoms with Crippen LogP contribution in [0.1, 0.15) is 10.5 Å². The number of nitrogens with zero attached hydrogens (tertiary/aromatic N) is 2. The number of hydrogen-bond donors (Lipinski definition) is 2. The van der Waals surface area contributed by atoms with E-state index in [1.165, 1.54) is 18.5 Å². The normalized spacial score (nSPS) is 10.5. The van der Waals surface area contributed by atoms with E-state index in [0.717, 1.165) is 9.95 Å². The summed E-state index contributed by atoms with van der Waals surface area (Å²) in [5.74, 6) is 0.289. The van der Waals surface area contributed by atoms with Gasteiger partial charge in [0.05, 0.1) is 5.52 Å². The highest BCUT2D eigenvalue weighted by atomic mass is 16.5. The molecule has 0 aliphatic carbocycles. The quantitative estimate of drug-likeness (QED) is 0.772. The second-order valence-corrected chi connectivity index (χ2v) is 4.53. The van der Waals surface area contributed by atoms with Crippen molar-refractivity contribution in [3.63, 3.8) is 0 Å². The summed E-state index contributed by atoms with van der Waals surface area (Å²) >= 11 is 0. The molecule has 0 unspecified atom stereocenters. The Bertz CT molecular complexity index is 885. The lowest BCUT2D eigenvalue weighted by atomic mass is 10.2. The summed E-state index contributed by atoms with van der Waals surface area (Å²) in [4.78, 5) is 26.0. The minimum atomic E-state index is -1.05. The van der Waals surface area contributed by atoms with Crippen molar-refractivity contribution in [1.82, 2.24) is 9.55 Å². The third-order valence-electron chi connectivity index (χ3n) is 3.09. The second-order valence-electron chi connectivity index (χ2n) is 4.53. The smallest absolute Gasteiger partial charge is 0.415 e. The van der Waals surface area contributed by atoms with Crippen LogP contribution in [0.5, 0.6) is 11.5 Å². The topological polar surface area (TPSA) is 107 Å². The Balaban J connectivity index is 1.93. The molecule has 0 saturated carbocycles. The number of benzene rings is 1. The molecule has 0 aliphatic rings. The minimum Gasteiger partial charge on any atom is -0.464 e. The van der Waals surface area contributed by atoms with Crippen LogP contribution in [-0.4, -0.2) is 26.7 Å². The predicted octanol–water partition coefficient (Wildman–Crippen LogP) is 2.45. The molecule has 22 heavy (non-hydrogen) atoms. The lowest BCUT2D eigenvalue weighted by Gasteiger charge is -2.07. The van der Waals surface area contributed by atoms with Crippen LogP contribution in [0.4, 0.5) is 4.79 Å². The summed E-state index contributed by atoms with van der Waals surface area (Å²) in [6, 6.07) is 9.71. The van der Waals surface area contributed by atoms with Gasteiger partial charge < -0.3 is 15.6 Å². The third-order valence-corrected chi connectivity index (χ3v) is 3.09. The number of aromatic nitrogens is 2. The maximum absolute atomic E-state index is 11.1. The first-order chi connectivity index (χ1) is 10.5. The molecule has 0 spiro atoms. The van der Waals surface area contributed by atoms with E-state index in [4.69, 9.17) is 15.6 Å². The second kappa shape index (κ2) is 5.21. The summed E-state index contributed by atoms with van der Waals surface area (Å²) in [6.45, 7) is 0. The number of amides is 1. The molecule has 0 saturated heterocycles. The average molecular weight is 297 g/mol. The molecule has 0 atom stereocenters. The van der Waals surface area contributed by atoms with E-state index in [1.54, 1.807) is 30.3 Å². The van der Waals surface area contributed by atoms with Gasteiger partial charge in [0, 0.05) is 23.8 Å². The van der Waals surface area contributed by atoms with E-state index < -0.39 is 12.0 Å². The third kappa shape index (κ3) is 2.47. The van der Waals surface area contributed by atoms with Crippen LogP contribution in [0.3, 0.4) is 0 Å². The van der Waals surface area contributed by atoms with Crippen LogP contribution in [-0.2, 0) is 0 Å². The molecule has 0 fully saturated rings. The number of pyridine rings is 1. The number of primary amides is 1. The summed E-state index contributed by atoms with van der Waals surface area (Å²) in [5.41, 5.74) is 5.84. The number of carboxylic acid groups (broad SMARTS) is 1. The molecule has 0 aliphatic heterocycles. The van der Waals surface area contributed by atoms with Gasteiger partial charge in [0.2, 0.25) is 0 Å². The van der Waals surface area contributed by atoms with Gasteiger partial charge in [0.15, 0.2) is 0 Å². The molecule has 1 amide bonds. The standard InChI is InChI=1S/C15H11N3O4/c16-14(19)12-8-11(3-5-17-12)22-10-1-2-13-9(7-10)4-6-18(13)15(20)21/h1-8H,(H2,16,19)(H,20,21). The molecule has 3 aromatic rings. The van der Waals surface area contributed by atoms with Crippen molar-refractivity contribution >= 4 is 22.9 Å². The molecule has 1 aromatic carbocycles. The van der Waals surface area contributed by atoms with Gasteiger partial charge in [-0.05, 0) is 30.3 Å². The Hall–Kier alpha value is -3.35. The van der Waals surface area contributed by atoms with E-state index in [0.29, 0.717) is 17.0 Å². The zero-order valence-electron chi connectivity index (χ0n) is 11.3. The number of rotatable bonds is 3. The fourth-order valence-electron chi connectivity index (χ4n) is 2.10. The molecule has 7 heteroatoms. The number of nitrogens with two attached hydrogens (primary N) is 1. The van der Waals surface area contributed by atoms with Gasteiger partial charge in [-0.2, -0.15) is 0 Å². The van der Waals surface area contributed by atoms with E-state index in [2.05, 4.69) is 4.98 Å². The summed E-state index contributed by atoms with van der Waals surface area (Å²) < 4.78 is 6.76. The Kier molecular flexibility index (Phi) is 3.23. The maximum atomic E-state index is 11.1. The minimum absolute atomic E-state index is 0.107. The van der Waals surface area contributed by atoms with Crippen molar-refractivity contribution in [2.75, 3.05) is 0 Å². The van der Waals surface area contributed by atoms with E-state index >= 15 is 0 Å². The Labute approximate surface area is 124 Å². The largest absolute Gasteiger partial charge is 0.464 e. The number of carbonyl (C=O) groups excluding carboxylic acids is 1. The van der Waals surface area contributed by atoms with Crippen molar-refractivity contribution in [1.29, 1.82) is 0 Å². The molecular weight excluding hydrogens is 286 g/mol. The molecule has 0 radical (unpaired) electrons. The van der Waals surface area contributed by atoms with Crippen LogP contribution in [0.25, 0.3) is 10.9 Å². The summed E-state index contributed by atoms with van der Waals surface area (Å²) in [5, 5.41) is 9.77. The number of ether oxygens (including phenoxy) is 1. The molecule has 110 valence electrons. The molecule has 3 N–H and O–H groups in total. The average Bonchev–Trinajstić information content (AvgIpc) is 2.90.